The summed E-state index contributed by atoms with van der Waals surface area (Å²) in [5.41, 5.74) is 8.85. The van der Waals surface area contributed by atoms with Gasteiger partial charge in [0.15, 0.2) is 0 Å². The SMILES string of the molecule is CCCCC(C)CN(CC(C)N)c1ccnc2c1CCN2C. The summed E-state index contributed by atoms with van der Waals surface area (Å²) in [6, 6.07) is 2.36. The number of anilines is 2. The fourth-order valence-corrected chi connectivity index (χ4v) is 3.36. The summed E-state index contributed by atoms with van der Waals surface area (Å²) < 4.78 is 0. The van der Waals surface area contributed by atoms with Crippen molar-refractivity contribution < 1.29 is 0 Å². The first-order chi connectivity index (χ1) is 10.5. The number of hydrogen-bond donors (Lipinski definition) is 1. The number of likely N-dealkylation sites (N-methyl/N-ethyl adjacent to an activating group) is 1. The van der Waals surface area contributed by atoms with Gasteiger partial charge in [0.05, 0.1) is 0 Å². The Hall–Kier alpha value is -1.29. The summed E-state index contributed by atoms with van der Waals surface area (Å²) in [5.74, 6) is 1.84. The third-order valence-corrected chi connectivity index (χ3v) is 4.50. The lowest BCUT2D eigenvalue weighted by atomic mass is 10.0. The van der Waals surface area contributed by atoms with Crippen LogP contribution in [0, 0.1) is 5.92 Å². The summed E-state index contributed by atoms with van der Waals surface area (Å²) in [5, 5.41) is 0. The molecule has 0 spiro atoms. The number of rotatable bonds is 8. The average molecular weight is 304 g/mol. The summed E-state index contributed by atoms with van der Waals surface area (Å²) >= 11 is 0. The lowest BCUT2D eigenvalue weighted by Crippen LogP contribution is -2.38. The van der Waals surface area contributed by atoms with E-state index in [9.17, 15) is 0 Å². The highest BCUT2D eigenvalue weighted by molar-refractivity contribution is 5.66. The number of aromatic nitrogens is 1. The van der Waals surface area contributed by atoms with Gasteiger partial charge in [0.25, 0.3) is 0 Å². The number of fused-ring (bicyclic) bond motifs is 1. The molecular formula is C18H32N4. The maximum absolute atomic E-state index is 6.11. The number of pyridine rings is 1. The van der Waals surface area contributed by atoms with E-state index in [1.54, 1.807) is 0 Å². The molecule has 0 amide bonds. The van der Waals surface area contributed by atoms with Gasteiger partial charge in [-0.1, -0.05) is 26.7 Å². The predicted molar refractivity (Wildman–Crippen MR) is 95.8 cm³/mol. The van der Waals surface area contributed by atoms with E-state index in [0.717, 1.165) is 31.9 Å². The molecule has 0 aliphatic carbocycles. The number of nitrogens with zero attached hydrogens (tertiary/aromatic N) is 3. The van der Waals surface area contributed by atoms with Gasteiger partial charge >= 0.3 is 0 Å². The smallest absolute Gasteiger partial charge is 0.133 e. The maximum atomic E-state index is 6.11. The average Bonchev–Trinajstić information content (AvgIpc) is 2.86. The molecule has 124 valence electrons. The minimum absolute atomic E-state index is 0.182. The van der Waals surface area contributed by atoms with Crippen molar-refractivity contribution in [1.82, 2.24) is 4.98 Å². The van der Waals surface area contributed by atoms with Crippen LogP contribution < -0.4 is 15.5 Å². The minimum atomic E-state index is 0.182. The van der Waals surface area contributed by atoms with Crippen molar-refractivity contribution in [2.75, 3.05) is 36.5 Å². The fraction of sp³-hybridized carbons (Fsp3) is 0.722. The first-order valence-corrected chi connectivity index (χ1v) is 8.72. The molecule has 22 heavy (non-hydrogen) atoms. The third kappa shape index (κ3) is 4.13. The van der Waals surface area contributed by atoms with Crippen LogP contribution in [0.1, 0.15) is 45.6 Å². The van der Waals surface area contributed by atoms with Gasteiger partial charge in [-0.05, 0) is 31.7 Å². The molecule has 2 atom stereocenters. The monoisotopic (exact) mass is 304 g/mol. The molecule has 1 aromatic rings. The normalized spacial score (nSPS) is 16.5. The van der Waals surface area contributed by atoms with Crippen LogP contribution >= 0.6 is 0 Å². The van der Waals surface area contributed by atoms with Gasteiger partial charge in [-0.25, -0.2) is 4.98 Å². The van der Waals surface area contributed by atoms with Gasteiger partial charge in [0.2, 0.25) is 0 Å². The summed E-state index contributed by atoms with van der Waals surface area (Å²) in [6.45, 7) is 9.78. The van der Waals surface area contributed by atoms with E-state index in [4.69, 9.17) is 5.73 Å². The van der Waals surface area contributed by atoms with Crippen molar-refractivity contribution >= 4 is 11.5 Å². The van der Waals surface area contributed by atoms with E-state index < -0.39 is 0 Å². The van der Waals surface area contributed by atoms with Crippen molar-refractivity contribution in [2.45, 2.75) is 52.5 Å². The Kier molecular flexibility index (Phi) is 6.07. The van der Waals surface area contributed by atoms with Crippen molar-refractivity contribution in [1.29, 1.82) is 0 Å². The Morgan fingerprint density at radius 1 is 1.36 bits per heavy atom. The zero-order chi connectivity index (χ0) is 16.1. The van der Waals surface area contributed by atoms with Gasteiger partial charge < -0.3 is 15.5 Å². The van der Waals surface area contributed by atoms with Gasteiger partial charge in [-0.2, -0.15) is 0 Å². The molecule has 2 unspecified atom stereocenters. The topological polar surface area (TPSA) is 45.4 Å². The molecule has 0 radical (unpaired) electrons. The summed E-state index contributed by atoms with van der Waals surface area (Å²) in [6.07, 6.45) is 6.91. The molecule has 2 rings (SSSR count). The molecule has 0 saturated heterocycles. The van der Waals surface area contributed by atoms with Gasteiger partial charge in [0, 0.05) is 50.2 Å². The second kappa shape index (κ2) is 7.82. The Morgan fingerprint density at radius 3 is 2.82 bits per heavy atom. The zero-order valence-corrected chi connectivity index (χ0v) is 14.7. The Bertz CT molecular complexity index is 472. The van der Waals surface area contributed by atoms with E-state index in [1.165, 1.54) is 30.5 Å². The molecule has 1 aromatic heterocycles. The van der Waals surface area contributed by atoms with Crippen LogP contribution in [0.5, 0.6) is 0 Å². The highest BCUT2D eigenvalue weighted by atomic mass is 15.2. The summed E-state index contributed by atoms with van der Waals surface area (Å²) in [4.78, 5) is 9.30. The molecule has 0 saturated carbocycles. The highest BCUT2D eigenvalue weighted by Gasteiger charge is 2.24. The van der Waals surface area contributed by atoms with Crippen molar-refractivity contribution in [3.63, 3.8) is 0 Å². The van der Waals surface area contributed by atoms with Crippen LogP contribution in [0.2, 0.25) is 0 Å². The third-order valence-electron chi connectivity index (χ3n) is 4.50. The molecule has 0 aromatic carbocycles. The van der Waals surface area contributed by atoms with E-state index >= 15 is 0 Å². The second-order valence-electron chi connectivity index (χ2n) is 6.93. The molecule has 4 nitrogen and oxygen atoms in total. The molecule has 1 aliphatic rings. The number of nitrogens with two attached hydrogens (primary N) is 1. The Labute approximate surface area is 135 Å². The molecule has 0 fully saturated rings. The van der Waals surface area contributed by atoms with Crippen LogP contribution in [-0.2, 0) is 6.42 Å². The molecule has 4 heteroatoms. The van der Waals surface area contributed by atoms with Crippen LogP contribution in [0.4, 0.5) is 11.5 Å². The van der Waals surface area contributed by atoms with Crippen LogP contribution in [0.25, 0.3) is 0 Å². The lowest BCUT2D eigenvalue weighted by Gasteiger charge is -2.31. The predicted octanol–water partition coefficient (Wildman–Crippen LogP) is 3.05. The Morgan fingerprint density at radius 2 is 2.14 bits per heavy atom. The molecular weight excluding hydrogens is 272 g/mol. The number of hydrogen-bond acceptors (Lipinski definition) is 4. The second-order valence-corrected chi connectivity index (χ2v) is 6.93. The van der Waals surface area contributed by atoms with E-state index in [0.29, 0.717) is 5.92 Å². The van der Waals surface area contributed by atoms with Crippen molar-refractivity contribution in [3.8, 4) is 0 Å². The van der Waals surface area contributed by atoms with E-state index in [2.05, 4.69) is 48.7 Å². The maximum Gasteiger partial charge on any atom is 0.133 e. The van der Waals surface area contributed by atoms with Crippen molar-refractivity contribution in [3.05, 3.63) is 17.8 Å². The summed E-state index contributed by atoms with van der Waals surface area (Å²) in [7, 11) is 2.13. The van der Waals surface area contributed by atoms with Gasteiger partial charge in [-0.3, -0.25) is 0 Å². The first kappa shape index (κ1) is 17.1. The van der Waals surface area contributed by atoms with Crippen LogP contribution in [0.15, 0.2) is 12.3 Å². The standard InChI is InChI=1S/C18H32N4/c1-5-6-7-14(2)12-22(13-15(3)19)17-8-10-20-18-16(17)9-11-21(18)4/h8,10,14-15H,5-7,9,11-13,19H2,1-4H3. The first-order valence-electron chi connectivity index (χ1n) is 8.72. The van der Waals surface area contributed by atoms with E-state index in [-0.39, 0.29) is 6.04 Å². The van der Waals surface area contributed by atoms with Crippen molar-refractivity contribution in [2.24, 2.45) is 11.7 Å². The quantitative estimate of drug-likeness (QED) is 0.802. The van der Waals surface area contributed by atoms with Crippen LogP contribution in [0.3, 0.4) is 0 Å². The van der Waals surface area contributed by atoms with Gasteiger partial charge in [0.1, 0.15) is 5.82 Å². The molecule has 0 bridgehead atoms. The van der Waals surface area contributed by atoms with Crippen LogP contribution in [-0.4, -0.2) is 37.7 Å². The Balaban J connectivity index is 2.19. The molecule has 2 heterocycles. The zero-order valence-electron chi connectivity index (χ0n) is 14.7. The van der Waals surface area contributed by atoms with Gasteiger partial charge in [-0.15, -0.1) is 0 Å². The molecule has 1 aliphatic heterocycles. The molecule has 2 N–H and O–H groups in total. The van der Waals surface area contributed by atoms with E-state index in [1.807, 2.05) is 6.20 Å². The fourth-order valence-electron chi connectivity index (χ4n) is 3.36. The number of unbranched alkanes of at least 4 members (excludes halogenated alkanes) is 1. The highest BCUT2D eigenvalue weighted by Crippen LogP contribution is 2.33. The lowest BCUT2D eigenvalue weighted by molar-refractivity contribution is 0.488. The minimum Gasteiger partial charge on any atom is -0.369 e. The largest absolute Gasteiger partial charge is 0.369 e.